The number of urea groups is 1. The number of rotatable bonds is 11. The number of nitrogens with one attached hydrogen (secondary N) is 4. The Hall–Kier alpha value is -4.80. The minimum atomic E-state index is -0.944. The fourth-order valence-corrected chi connectivity index (χ4v) is 6.49. The quantitative estimate of drug-likeness (QED) is 0.194. The third-order valence-corrected chi connectivity index (χ3v) is 8.98. The molecule has 0 saturated carbocycles. The third-order valence-electron chi connectivity index (χ3n) is 8.98. The second-order valence-corrected chi connectivity index (χ2v) is 13.5. The molecule has 1 spiro atoms. The van der Waals surface area contributed by atoms with Gasteiger partial charge in [0.1, 0.15) is 17.7 Å². The molecule has 2 aromatic carbocycles. The second-order valence-electron chi connectivity index (χ2n) is 13.5. The first-order valence-corrected chi connectivity index (χ1v) is 16.4. The Bertz CT molecular complexity index is 1630. The number of ether oxygens (including phenoxy) is 1. The molecule has 47 heavy (non-hydrogen) atoms. The second kappa shape index (κ2) is 14.3. The van der Waals surface area contributed by atoms with Crippen molar-refractivity contribution in [2.24, 2.45) is 5.73 Å². The van der Waals surface area contributed by atoms with Gasteiger partial charge in [-0.1, -0.05) is 54.6 Å². The van der Waals surface area contributed by atoms with Crippen LogP contribution in [0.1, 0.15) is 69.6 Å². The number of benzene rings is 2. The Labute approximate surface area is 275 Å². The number of carbonyl (C=O) groups is 4. The number of primary amides is 1. The highest BCUT2D eigenvalue weighted by Gasteiger charge is 2.39. The highest BCUT2D eigenvalue weighted by molar-refractivity contribution is 5.92. The minimum absolute atomic E-state index is 0.0781. The Morgan fingerprint density at radius 3 is 2.45 bits per heavy atom. The van der Waals surface area contributed by atoms with Gasteiger partial charge in [-0.05, 0) is 75.6 Å². The van der Waals surface area contributed by atoms with Crippen LogP contribution in [0.3, 0.4) is 0 Å². The number of nitrogens with two attached hydrogens (primary N) is 1. The zero-order chi connectivity index (χ0) is 33.6. The minimum Gasteiger partial charge on any atom is -0.444 e. The molecule has 1 unspecified atom stereocenters. The summed E-state index contributed by atoms with van der Waals surface area (Å²) in [5.74, 6) is -1.15. The van der Waals surface area contributed by atoms with Crippen molar-refractivity contribution in [3.63, 3.8) is 0 Å². The van der Waals surface area contributed by atoms with Crippen molar-refractivity contribution in [1.29, 1.82) is 0 Å². The molecule has 3 aromatic rings. The molecule has 11 heteroatoms. The molecule has 1 saturated heterocycles. The number of para-hydroxylation sites is 1. The van der Waals surface area contributed by atoms with Crippen LogP contribution in [0.25, 0.3) is 17.0 Å². The molecule has 11 nitrogen and oxygen atoms in total. The zero-order valence-electron chi connectivity index (χ0n) is 27.4. The number of unbranched alkanes of at least 4 members (excludes halogenated alkanes) is 1. The van der Waals surface area contributed by atoms with Gasteiger partial charge in [0.15, 0.2) is 0 Å². The summed E-state index contributed by atoms with van der Waals surface area (Å²) in [6, 6.07) is 13.9. The fourth-order valence-electron chi connectivity index (χ4n) is 6.49. The molecule has 1 aliphatic heterocycles. The molecule has 0 bridgehead atoms. The number of H-pyrrole nitrogens is 1. The smallest absolute Gasteiger partial charge is 0.407 e. The van der Waals surface area contributed by atoms with E-state index in [0.717, 1.165) is 29.3 Å². The molecular formula is C36H46N6O5. The van der Waals surface area contributed by atoms with Crippen LogP contribution in [0.15, 0.2) is 60.8 Å². The first-order valence-electron chi connectivity index (χ1n) is 16.4. The van der Waals surface area contributed by atoms with E-state index in [9.17, 15) is 19.2 Å². The van der Waals surface area contributed by atoms with Gasteiger partial charge < -0.3 is 36.3 Å². The maximum atomic E-state index is 13.7. The fraction of sp³-hybridized carbons (Fsp3) is 0.444. The SMILES string of the molecule is CC(C)(C)OC(=O)NCCCCC(NC(=O)[C@@H](Cc1c[nH]c2ccccc12)NC(=O)N1CCC2(C=Cc3ccccc32)CC1)C(N)=O. The van der Waals surface area contributed by atoms with E-state index in [4.69, 9.17) is 10.5 Å². The van der Waals surface area contributed by atoms with Gasteiger partial charge in [-0.15, -0.1) is 0 Å². The van der Waals surface area contributed by atoms with Crippen LogP contribution in [0, 0.1) is 0 Å². The summed E-state index contributed by atoms with van der Waals surface area (Å²) in [5, 5.41) is 9.40. The standard InChI is InChI=1S/C36H46N6O5/c1-35(2,3)47-34(46)38-19-9-8-14-29(31(37)43)40-32(44)30(22-25-23-39-28-13-7-5-11-26(25)28)41-33(45)42-20-17-36(18-21-42)16-15-24-10-4-6-12-27(24)36/h4-7,10-13,15-16,23,29-30,39H,8-9,14,17-22H2,1-3H3,(H2,37,43)(H,38,46)(H,40,44)(H,41,45)/t29?,30-/m1/s1. The summed E-state index contributed by atoms with van der Waals surface area (Å²) in [5.41, 5.74) is 9.33. The van der Waals surface area contributed by atoms with Crippen LogP contribution in [0.2, 0.25) is 0 Å². The summed E-state index contributed by atoms with van der Waals surface area (Å²) in [6.45, 7) is 6.81. The number of likely N-dealkylation sites (tertiary alicyclic amines) is 1. The highest BCUT2D eigenvalue weighted by atomic mass is 16.6. The Balaban J connectivity index is 1.21. The predicted molar refractivity (Wildman–Crippen MR) is 181 cm³/mol. The predicted octanol–water partition coefficient (Wildman–Crippen LogP) is 4.51. The molecule has 250 valence electrons. The zero-order valence-corrected chi connectivity index (χ0v) is 27.4. The van der Waals surface area contributed by atoms with Crippen LogP contribution in [0.5, 0.6) is 0 Å². The number of aromatic amines is 1. The third kappa shape index (κ3) is 8.33. The van der Waals surface area contributed by atoms with Crippen molar-refractivity contribution in [3.8, 4) is 0 Å². The van der Waals surface area contributed by atoms with Crippen molar-refractivity contribution >= 4 is 40.9 Å². The summed E-state index contributed by atoms with van der Waals surface area (Å²) in [6.07, 6.45) is 8.93. The van der Waals surface area contributed by atoms with E-state index in [1.807, 2.05) is 36.5 Å². The number of hydrogen-bond donors (Lipinski definition) is 5. The average Bonchev–Trinajstić information content (AvgIpc) is 3.60. The lowest BCUT2D eigenvalue weighted by Gasteiger charge is -2.39. The molecule has 2 aliphatic rings. The molecule has 2 atom stereocenters. The van der Waals surface area contributed by atoms with Gasteiger partial charge in [0.05, 0.1) is 0 Å². The Kier molecular flexibility index (Phi) is 10.2. The molecule has 2 heterocycles. The van der Waals surface area contributed by atoms with Crippen LogP contribution in [0.4, 0.5) is 9.59 Å². The van der Waals surface area contributed by atoms with Crippen LogP contribution in [-0.4, -0.2) is 71.1 Å². The highest BCUT2D eigenvalue weighted by Crippen LogP contribution is 2.43. The number of aromatic nitrogens is 1. The largest absolute Gasteiger partial charge is 0.444 e. The molecule has 1 aromatic heterocycles. The summed E-state index contributed by atoms with van der Waals surface area (Å²) in [4.78, 5) is 56.6. The number of piperidine rings is 1. The Morgan fingerprint density at radius 2 is 1.70 bits per heavy atom. The first-order chi connectivity index (χ1) is 22.4. The van der Waals surface area contributed by atoms with E-state index in [-0.39, 0.29) is 24.3 Å². The van der Waals surface area contributed by atoms with Gasteiger partial charge in [0.25, 0.3) is 0 Å². The van der Waals surface area contributed by atoms with Gasteiger partial charge in [0.2, 0.25) is 11.8 Å². The Morgan fingerprint density at radius 1 is 0.979 bits per heavy atom. The summed E-state index contributed by atoms with van der Waals surface area (Å²) in [7, 11) is 0. The van der Waals surface area contributed by atoms with E-state index in [1.165, 1.54) is 11.1 Å². The average molecular weight is 643 g/mol. The molecule has 5 rings (SSSR count). The lowest BCUT2D eigenvalue weighted by molar-refractivity contribution is -0.128. The molecule has 0 radical (unpaired) electrons. The lowest BCUT2D eigenvalue weighted by atomic mass is 9.74. The van der Waals surface area contributed by atoms with Gasteiger partial charge in [-0.2, -0.15) is 0 Å². The number of carbonyl (C=O) groups excluding carboxylic acids is 4. The van der Waals surface area contributed by atoms with Crippen molar-refractivity contribution in [2.45, 2.75) is 82.4 Å². The number of fused-ring (bicyclic) bond motifs is 3. The van der Waals surface area contributed by atoms with Crippen molar-refractivity contribution in [3.05, 3.63) is 77.5 Å². The topological polar surface area (TPSA) is 159 Å². The van der Waals surface area contributed by atoms with Crippen LogP contribution < -0.4 is 21.7 Å². The van der Waals surface area contributed by atoms with Crippen LogP contribution >= 0.6 is 0 Å². The van der Waals surface area contributed by atoms with Crippen LogP contribution in [-0.2, 0) is 26.2 Å². The van der Waals surface area contributed by atoms with Gasteiger partial charge >= 0.3 is 12.1 Å². The number of allylic oxidation sites excluding steroid dienone is 1. The van der Waals surface area contributed by atoms with Gasteiger partial charge in [0, 0.05) is 48.6 Å². The van der Waals surface area contributed by atoms with Gasteiger partial charge in [-0.25, -0.2) is 9.59 Å². The number of nitrogens with zero attached hydrogens (tertiary/aromatic N) is 1. The number of hydrogen-bond acceptors (Lipinski definition) is 5. The van der Waals surface area contributed by atoms with Gasteiger partial charge in [-0.3, -0.25) is 9.59 Å². The van der Waals surface area contributed by atoms with E-state index in [2.05, 4.69) is 51.3 Å². The van der Waals surface area contributed by atoms with E-state index < -0.39 is 35.6 Å². The molecule has 5 amide bonds. The molecule has 1 aliphatic carbocycles. The van der Waals surface area contributed by atoms with Crippen molar-refractivity contribution in [2.75, 3.05) is 19.6 Å². The summed E-state index contributed by atoms with van der Waals surface area (Å²) >= 11 is 0. The molecule has 1 fully saturated rings. The molecule has 6 N–H and O–H groups in total. The molecular weight excluding hydrogens is 596 g/mol. The normalized spacial score (nSPS) is 16.4. The first kappa shape index (κ1) is 33.6. The van der Waals surface area contributed by atoms with E-state index >= 15 is 0 Å². The monoisotopic (exact) mass is 642 g/mol. The lowest BCUT2D eigenvalue weighted by Crippen LogP contribution is -2.57. The summed E-state index contributed by atoms with van der Waals surface area (Å²) < 4.78 is 5.24. The number of alkyl carbamates (subject to hydrolysis) is 1. The number of amides is 5. The van der Waals surface area contributed by atoms with E-state index in [1.54, 1.807) is 25.7 Å². The van der Waals surface area contributed by atoms with Crippen molar-refractivity contribution < 1.29 is 23.9 Å². The van der Waals surface area contributed by atoms with E-state index in [0.29, 0.717) is 32.5 Å². The van der Waals surface area contributed by atoms with Crippen molar-refractivity contribution in [1.82, 2.24) is 25.8 Å². The maximum Gasteiger partial charge on any atom is 0.407 e. The maximum absolute atomic E-state index is 13.7.